The lowest BCUT2D eigenvalue weighted by atomic mass is 10.1. The number of nitro groups is 4. The summed E-state index contributed by atoms with van der Waals surface area (Å²) in [5, 5.41) is 44.1. The number of carbonyl (C=O) groups is 1. The highest BCUT2D eigenvalue weighted by Gasteiger charge is 2.39. The van der Waals surface area contributed by atoms with Gasteiger partial charge < -0.3 is 0 Å². The van der Waals surface area contributed by atoms with Crippen molar-refractivity contribution in [3.63, 3.8) is 0 Å². The summed E-state index contributed by atoms with van der Waals surface area (Å²) in [6.07, 6.45) is 1.42. The van der Waals surface area contributed by atoms with Gasteiger partial charge in [0.25, 0.3) is 0 Å². The molecule has 0 aromatic carbocycles. The van der Waals surface area contributed by atoms with Crippen LogP contribution in [0.25, 0.3) is 0 Å². The van der Waals surface area contributed by atoms with Crippen molar-refractivity contribution >= 4 is 28.5 Å². The molecule has 2 rings (SSSR count). The minimum Gasteiger partial charge on any atom is -0.284 e. The van der Waals surface area contributed by atoms with Crippen molar-refractivity contribution in [3.05, 3.63) is 76.4 Å². The van der Waals surface area contributed by atoms with Gasteiger partial charge in [0.05, 0.1) is 19.7 Å². The maximum atomic E-state index is 12.5. The van der Waals surface area contributed by atoms with Crippen molar-refractivity contribution in [1.82, 2.24) is 9.97 Å². The van der Waals surface area contributed by atoms with Gasteiger partial charge >= 0.3 is 22.7 Å². The Labute approximate surface area is 140 Å². The Morgan fingerprint density at radius 3 is 1.31 bits per heavy atom. The third-order valence-electron chi connectivity index (χ3n) is 2.99. The standard InChI is InChI=1S/C11H4N6O9/c18-11(7-9(16(23)24)5(14(19)20)1-3-12-7)8-10(17(25)26)6(15(21)22)2-4-13-8/h1-4H. The van der Waals surface area contributed by atoms with E-state index in [1.165, 1.54) is 0 Å². The summed E-state index contributed by atoms with van der Waals surface area (Å²) in [5.74, 6) is -1.55. The van der Waals surface area contributed by atoms with Gasteiger partial charge in [0.15, 0.2) is 11.4 Å². The fourth-order valence-electron chi connectivity index (χ4n) is 1.99. The van der Waals surface area contributed by atoms with Gasteiger partial charge in [0.2, 0.25) is 5.78 Å². The van der Waals surface area contributed by atoms with Crippen molar-refractivity contribution in [1.29, 1.82) is 0 Å². The molecule has 2 aromatic heterocycles. The smallest absolute Gasteiger partial charge is 0.284 e. The van der Waals surface area contributed by atoms with E-state index >= 15 is 0 Å². The molecule has 0 aliphatic rings. The van der Waals surface area contributed by atoms with Gasteiger partial charge in [-0.15, -0.1) is 0 Å². The normalized spacial score (nSPS) is 10.2. The van der Waals surface area contributed by atoms with Crippen LogP contribution in [0.3, 0.4) is 0 Å². The van der Waals surface area contributed by atoms with Gasteiger partial charge in [-0.05, 0) is 0 Å². The van der Waals surface area contributed by atoms with E-state index in [-0.39, 0.29) is 0 Å². The fraction of sp³-hybridized carbons (Fsp3) is 0. The Kier molecular flexibility index (Phi) is 4.54. The molecule has 2 aromatic rings. The summed E-state index contributed by atoms with van der Waals surface area (Å²) in [7, 11) is 0. The minimum atomic E-state index is -1.55. The number of pyridine rings is 2. The predicted octanol–water partition coefficient (Wildman–Crippen LogP) is 1.34. The molecule has 0 saturated carbocycles. The number of ketones is 1. The average Bonchev–Trinajstić information content (AvgIpc) is 2.59. The quantitative estimate of drug-likeness (QED) is 0.404. The molecule has 0 aliphatic carbocycles. The molecule has 0 atom stereocenters. The lowest BCUT2D eigenvalue weighted by Gasteiger charge is -2.03. The molecule has 2 heterocycles. The zero-order chi connectivity index (χ0) is 19.6. The van der Waals surface area contributed by atoms with E-state index in [0.717, 1.165) is 0 Å². The molecule has 0 unspecified atom stereocenters. The fourth-order valence-corrected chi connectivity index (χ4v) is 1.99. The number of rotatable bonds is 6. The van der Waals surface area contributed by atoms with Crippen LogP contribution in [0.15, 0.2) is 24.5 Å². The number of nitrogens with zero attached hydrogens (tertiary/aromatic N) is 6. The van der Waals surface area contributed by atoms with E-state index in [9.17, 15) is 45.3 Å². The SMILES string of the molecule is O=C(c1nccc([N+](=O)[O-])c1[N+](=O)[O-])c1nccc([N+](=O)[O-])c1[N+](=O)[O-]. The van der Waals surface area contributed by atoms with Crippen LogP contribution in [0.5, 0.6) is 0 Å². The third-order valence-corrected chi connectivity index (χ3v) is 2.99. The Morgan fingerprint density at radius 2 is 1.04 bits per heavy atom. The molecular weight excluding hydrogens is 360 g/mol. The largest absolute Gasteiger partial charge is 0.375 e. The highest BCUT2D eigenvalue weighted by atomic mass is 16.6. The molecule has 15 nitrogen and oxygen atoms in total. The van der Waals surface area contributed by atoms with E-state index in [4.69, 9.17) is 0 Å². The first-order valence-electron chi connectivity index (χ1n) is 6.27. The lowest BCUT2D eigenvalue weighted by molar-refractivity contribution is -0.423. The van der Waals surface area contributed by atoms with E-state index in [1.54, 1.807) is 0 Å². The Balaban J connectivity index is 2.80. The number of aromatic nitrogens is 2. The number of hydrogen-bond donors (Lipinski definition) is 0. The molecule has 0 radical (unpaired) electrons. The first-order valence-corrected chi connectivity index (χ1v) is 6.27. The lowest BCUT2D eigenvalue weighted by Crippen LogP contribution is -2.14. The monoisotopic (exact) mass is 364 g/mol. The second-order valence-corrected chi connectivity index (χ2v) is 4.41. The summed E-state index contributed by atoms with van der Waals surface area (Å²) >= 11 is 0. The zero-order valence-electron chi connectivity index (χ0n) is 12.2. The molecule has 0 N–H and O–H groups in total. The van der Waals surface area contributed by atoms with E-state index in [0.29, 0.717) is 24.5 Å². The molecule has 0 fully saturated rings. The molecule has 0 saturated heterocycles. The van der Waals surface area contributed by atoms with Crippen LogP contribution in [0, 0.1) is 40.5 Å². The van der Waals surface area contributed by atoms with Gasteiger partial charge in [-0.3, -0.25) is 45.3 Å². The molecular formula is C11H4N6O9. The van der Waals surface area contributed by atoms with Crippen LogP contribution < -0.4 is 0 Å². The van der Waals surface area contributed by atoms with Crippen LogP contribution in [-0.4, -0.2) is 35.4 Å². The summed E-state index contributed by atoms with van der Waals surface area (Å²) < 4.78 is 0. The first kappa shape index (κ1) is 17.9. The Bertz CT molecular complexity index is 911. The van der Waals surface area contributed by atoms with Crippen LogP contribution in [0.1, 0.15) is 16.2 Å². The van der Waals surface area contributed by atoms with Gasteiger partial charge in [0, 0.05) is 24.5 Å². The van der Waals surface area contributed by atoms with Gasteiger partial charge in [0.1, 0.15) is 0 Å². The summed E-state index contributed by atoms with van der Waals surface area (Å²) in [4.78, 5) is 58.4. The van der Waals surface area contributed by atoms with Crippen LogP contribution in [-0.2, 0) is 0 Å². The number of carbonyl (C=O) groups excluding carboxylic acids is 1. The first-order chi connectivity index (χ1) is 12.2. The van der Waals surface area contributed by atoms with E-state index in [1.807, 2.05) is 0 Å². The summed E-state index contributed by atoms with van der Waals surface area (Å²) in [6, 6.07) is 1.31. The van der Waals surface area contributed by atoms with E-state index < -0.39 is 59.6 Å². The average molecular weight is 364 g/mol. The van der Waals surface area contributed by atoms with Crippen molar-refractivity contribution < 1.29 is 24.5 Å². The maximum Gasteiger partial charge on any atom is 0.375 e. The third kappa shape index (κ3) is 2.98. The van der Waals surface area contributed by atoms with Crippen molar-refractivity contribution in [3.8, 4) is 0 Å². The Hall–Kier alpha value is -4.43. The molecule has 0 bridgehead atoms. The van der Waals surface area contributed by atoms with Crippen LogP contribution >= 0.6 is 0 Å². The van der Waals surface area contributed by atoms with Crippen LogP contribution in [0.2, 0.25) is 0 Å². The maximum absolute atomic E-state index is 12.5. The van der Waals surface area contributed by atoms with Gasteiger partial charge in [-0.2, -0.15) is 0 Å². The highest BCUT2D eigenvalue weighted by molar-refractivity contribution is 6.12. The van der Waals surface area contributed by atoms with Gasteiger partial charge in [-0.1, -0.05) is 0 Å². The summed E-state index contributed by atoms with van der Waals surface area (Å²) in [5.41, 5.74) is -7.02. The van der Waals surface area contributed by atoms with Crippen LogP contribution in [0.4, 0.5) is 22.7 Å². The Morgan fingerprint density at radius 1 is 0.692 bits per heavy atom. The van der Waals surface area contributed by atoms with E-state index in [2.05, 4.69) is 9.97 Å². The molecule has 0 spiro atoms. The molecule has 0 amide bonds. The molecule has 132 valence electrons. The molecule has 0 aliphatic heterocycles. The van der Waals surface area contributed by atoms with Gasteiger partial charge in [-0.25, -0.2) is 9.97 Å². The second kappa shape index (κ2) is 6.59. The minimum absolute atomic E-state index is 0.657. The van der Waals surface area contributed by atoms with Crippen molar-refractivity contribution in [2.45, 2.75) is 0 Å². The summed E-state index contributed by atoms with van der Waals surface area (Å²) in [6.45, 7) is 0. The predicted molar refractivity (Wildman–Crippen MR) is 78.5 cm³/mol. The van der Waals surface area contributed by atoms with Crippen molar-refractivity contribution in [2.24, 2.45) is 0 Å². The topological polar surface area (TPSA) is 215 Å². The highest BCUT2D eigenvalue weighted by Crippen LogP contribution is 2.34. The molecule has 26 heavy (non-hydrogen) atoms. The molecule has 15 heteroatoms. The van der Waals surface area contributed by atoms with Crippen molar-refractivity contribution in [2.75, 3.05) is 0 Å². The second-order valence-electron chi connectivity index (χ2n) is 4.41. The number of hydrogen-bond acceptors (Lipinski definition) is 11. The zero-order valence-corrected chi connectivity index (χ0v) is 12.2.